The van der Waals surface area contributed by atoms with Gasteiger partial charge in [-0.3, -0.25) is 4.79 Å². The molecule has 7 nitrogen and oxygen atoms in total. The number of amides is 1. The van der Waals surface area contributed by atoms with Crippen LogP contribution in [-0.4, -0.2) is 60.9 Å². The minimum Gasteiger partial charge on any atom is -0.508 e. The average molecular weight is 424 g/mol. The second-order valence-electron chi connectivity index (χ2n) is 8.61. The van der Waals surface area contributed by atoms with Crippen molar-refractivity contribution < 1.29 is 24.1 Å². The van der Waals surface area contributed by atoms with E-state index in [1.165, 1.54) is 12.8 Å². The Kier molecular flexibility index (Phi) is 5.70. The van der Waals surface area contributed by atoms with Crippen molar-refractivity contribution in [2.24, 2.45) is 5.92 Å². The minimum absolute atomic E-state index is 0.0514. The number of phenolic OH excluding ortho intramolecular Hbond substituents is 1. The van der Waals surface area contributed by atoms with Gasteiger partial charge in [0.05, 0.1) is 13.2 Å². The van der Waals surface area contributed by atoms with Gasteiger partial charge in [-0.2, -0.15) is 0 Å². The number of benzene rings is 2. The van der Waals surface area contributed by atoms with E-state index < -0.39 is 0 Å². The number of nitrogens with zero attached hydrogens (tertiary/aromatic N) is 1. The van der Waals surface area contributed by atoms with Gasteiger partial charge in [-0.1, -0.05) is 12.1 Å². The van der Waals surface area contributed by atoms with Gasteiger partial charge in [-0.25, -0.2) is 0 Å². The van der Waals surface area contributed by atoms with Gasteiger partial charge in [0, 0.05) is 18.2 Å². The molecule has 0 saturated carbocycles. The van der Waals surface area contributed by atoms with Crippen molar-refractivity contribution in [3.05, 3.63) is 53.6 Å². The van der Waals surface area contributed by atoms with Gasteiger partial charge in [-0.15, -0.1) is 0 Å². The number of carbonyl (C=O) groups is 1. The maximum atomic E-state index is 12.8. The smallest absolute Gasteiger partial charge is 0.251 e. The van der Waals surface area contributed by atoms with Crippen molar-refractivity contribution in [3.8, 4) is 17.2 Å². The molecule has 4 heterocycles. The molecule has 0 radical (unpaired) electrons. The molecule has 0 unspecified atom stereocenters. The largest absolute Gasteiger partial charge is 0.508 e. The summed E-state index contributed by atoms with van der Waals surface area (Å²) in [7, 11) is 0. The van der Waals surface area contributed by atoms with Crippen LogP contribution in [0.5, 0.6) is 17.2 Å². The van der Waals surface area contributed by atoms with Gasteiger partial charge >= 0.3 is 0 Å². The first-order valence-corrected chi connectivity index (χ1v) is 11.0. The summed E-state index contributed by atoms with van der Waals surface area (Å²) in [4.78, 5) is 15.2. The van der Waals surface area contributed by atoms with Gasteiger partial charge in [0.2, 0.25) is 0 Å². The summed E-state index contributed by atoms with van der Waals surface area (Å²) in [6.45, 7) is 4.45. The predicted molar refractivity (Wildman–Crippen MR) is 115 cm³/mol. The van der Waals surface area contributed by atoms with Crippen LogP contribution in [0.3, 0.4) is 0 Å². The molecule has 7 heteroatoms. The predicted octanol–water partition coefficient (Wildman–Crippen LogP) is 2.57. The van der Waals surface area contributed by atoms with E-state index in [1.54, 1.807) is 30.3 Å². The minimum atomic E-state index is -0.212. The topological polar surface area (TPSA) is 80.3 Å². The van der Waals surface area contributed by atoms with Gasteiger partial charge in [0.15, 0.2) is 17.6 Å². The van der Waals surface area contributed by atoms with Crippen LogP contribution in [0.4, 0.5) is 0 Å². The first-order valence-electron chi connectivity index (χ1n) is 11.0. The van der Waals surface area contributed by atoms with Gasteiger partial charge in [-0.05, 0) is 67.7 Å². The summed E-state index contributed by atoms with van der Waals surface area (Å²) in [5.74, 6) is 2.00. The van der Waals surface area contributed by atoms with Gasteiger partial charge in [0.1, 0.15) is 12.4 Å². The van der Waals surface area contributed by atoms with Crippen molar-refractivity contribution in [1.82, 2.24) is 10.2 Å². The molecular formula is C24H28N2O5. The number of hydrogen-bond donors (Lipinski definition) is 2. The zero-order chi connectivity index (χ0) is 21.2. The molecule has 0 spiro atoms. The lowest BCUT2D eigenvalue weighted by molar-refractivity contribution is 0.00266. The SMILES string of the molecule is O=C(N[C@H]1CN2CCC1CC2)c1ccc2c(c1)OC[C@@H](COCc1ccc(O)cc1)O2. The van der Waals surface area contributed by atoms with Crippen LogP contribution in [0.25, 0.3) is 0 Å². The molecule has 0 aliphatic carbocycles. The van der Waals surface area contributed by atoms with E-state index in [9.17, 15) is 9.90 Å². The second-order valence-corrected chi connectivity index (χ2v) is 8.61. The van der Waals surface area contributed by atoms with E-state index in [2.05, 4.69) is 10.2 Å². The molecule has 2 bridgehead atoms. The number of ether oxygens (including phenoxy) is 3. The molecule has 1 amide bonds. The van der Waals surface area contributed by atoms with Gasteiger partial charge < -0.3 is 29.5 Å². The lowest BCUT2D eigenvalue weighted by Gasteiger charge is -2.44. The van der Waals surface area contributed by atoms with Crippen molar-refractivity contribution in [2.45, 2.75) is 31.6 Å². The molecule has 3 fully saturated rings. The third-order valence-corrected chi connectivity index (χ3v) is 6.41. The molecule has 2 N–H and O–H groups in total. The summed E-state index contributed by atoms with van der Waals surface area (Å²) < 4.78 is 17.6. The molecule has 31 heavy (non-hydrogen) atoms. The highest BCUT2D eigenvalue weighted by Gasteiger charge is 2.35. The quantitative estimate of drug-likeness (QED) is 0.742. The van der Waals surface area contributed by atoms with Crippen molar-refractivity contribution >= 4 is 5.91 Å². The number of piperidine rings is 3. The molecule has 164 valence electrons. The van der Waals surface area contributed by atoms with Crippen LogP contribution in [0.1, 0.15) is 28.8 Å². The fourth-order valence-corrected chi connectivity index (χ4v) is 4.62. The molecule has 2 aromatic rings. The fourth-order valence-electron chi connectivity index (χ4n) is 4.62. The fraction of sp³-hybridized carbons (Fsp3) is 0.458. The molecular weight excluding hydrogens is 396 g/mol. The summed E-state index contributed by atoms with van der Waals surface area (Å²) in [5.41, 5.74) is 1.58. The van der Waals surface area contributed by atoms with E-state index in [0.29, 0.717) is 42.8 Å². The Hall–Kier alpha value is -2.77. The van der Waals surface area contributed by atoms with E-state index >= 15 is 0 Å². The maximum absolute atomic E-state index is 12.8. The zero-order valence-electron chi connectivity index (χ0n) is 17.5. The summed E-state index contributed by atoms with van der Waals surface area (Å²) in [6.07, 6.45) is 2.13. The Bertz CT molecular complexity index is 924. The van der Waals surface area contributed by atoms with E-state index in [0.717, 1.165) is 25.2 Å². The molecule has 2 atom stereocenters. The second kappa shape index (κ2) is 8.77. The van der Waals surface area contributed by atoms with Crippen LogP contribution in [-0.2, 0) is 11.3 Å². The molecule has 3 saturated heterocycles. The summed E-state index contributed by atoms with van der Waals surface area (Å²) in [6, 6.07) is 12.5. The Morgan fingerprint density at radius 2 is 1.94 bits per heavy atom. The highest BCUT2D eigenvalue weighted by atomic mass is 16.6. The number of nitrogens with one attached hydrogen (secondary N) is 1. The first-order chi connectivity index (χ1) is 15.1. The van der Waals surface area contributed by atoms with Crippen LogP contribution in [0, 0.1) is 5.92 Å². The van der Waals surface area contributed by atoms with Crippen molar-refractivity contribution in [1.29, 1.82) is 0 Å². The lowest BCUT2D eigenvalue weighted by Crippen LogP contribution is -2.57. The number of hydrogen-bond acceptors (Lipinski definition) is 6. The first kappa shape index (κ1) is 20.2. The highest BCUT2D eigenvalue weighted by Crippen LogP contribution is 2.33. The van der Waals surface area contributed by atoms with E-state index in [1.807, 2.05) is 12.1 Å². The summed E-state index contributed by atoms with van der Waals surface area (Å²) >= 11 is 0. The highest BCUT2D eigenvalue weighted by molar-refractivity contribution is 5.95. The Balaban J connectivity index is 1.14. The van der Waals surface area contributed by atoms with E-state index in [4.69, 9.17) is 14.2 Å². The third kappa shape index (κ3) is 4.62. The van der Waals surface area contributed by atoms with Crippen molar-refractivity contribution in [2.75, 3.05) is 32.8 Å². The third-order valence-electron chi connectivity index (χ3n) is 6.41. The average Bonchev–Trinajstić information content (AvgIpc) is 2.81. The normalized spacial score (nSPS) is 26.5. The van der Waals surface area contributed by atoms with Crippen molar-refractivity contribution in [3.63, 3.8) is 0 Å². The van der Waals surface area contributed by atoms with Crippen LogP contribution >= 0.6 is 0 Å². The molecule has 0 aromatic heterocycles. The Morgan fingerprint density at radius 3 is 2.68 bits per heavy atom. The molecule has 4 aliphatic rings. The van der Waals surface area contributed by atoms with E-state index in [-0.39, 0.29) is 23.8 Å². The van der Waals surface area contributed by atoms with Crippen LogP contribution < -0.4 is 14.8 Å². The van der Waals surface area contributed by atoms with Gasteiger partial charge in [0.25, 0.3) is 5.91 Å². The van der Waals surface area contributed by atoms with Crippen LogP contribution in [0.15, 0.2) is 42.5 Å². The molecule has 6 rings (SSSR count). The number of carbonyl (C=O) groups excluding carboxylic acids is 1. The zero-order valence-corrected chi connectivity index (χ0v) is 17.5. The number of rotatable bonds is 6. The standard InChI is InChI=1S/C24H28N2O5/c27-19-4-1-16(2-5-19)13-29-14-20-15-30-23-11-18(3-6-22(23)31-20)24(28)25-21-12-26-9-7-17(21)8-10-26/h1-6,11,17,20-21,27H,7-10,12-15H2,(H,25,28)/t20-,21+/m1/s1. The van der Waals surface area contributed by atoms with Crippen LogP contribution in [0.2, 0.25) is 0 Å². The molecule has 2 aromatic carbocycles. The molecule has 4 aliphatic heterocycles. The maximum Gasteiger partial charge on any atom is 0.251 e. The Labute approximate surface area is 181 Å². The monoisotopic (exact) mass is 424 g/mol. The summed E-state index contributed by atoms with van der Waals surface area (Å²) in [5, 5.41) is 12.6. The number of fused-ring (bicyclic) bond motifs is 4. The number of phenols is 1. The number of aromatic hydroxyl groups is 1. The lowest BCUT2D eigenvalue weighted by atomic mass is 9.84. The Morgan fingerprint density at radius 1 is 1.13 bits per heavy atom.